The molecule has 2 amide bonds. The maximum absolute atomic E-state index is 12.1. The molecule has 0 heterocycles. The maximum atomic E-state index is 12.1. The van der Waals surface area contributed by atoms with Crippen LogP contribution in [0.2, 0.25) is 0 Å². The first kappa shape index (κ1) is 18.3. The molecule has 0 unspecified atom stereocenters. The van der Waals surface area contributed by atoms with Gasteiger partial charge in [0.05, 0.1) is 18.8 Å². The van der Waals surface area contributed by atoms with Crippen LogP contribution >= 0.6 is 0 Å². The molecule has 1 aromatic carbocycles. The van der Waals surface area contributed by atoms with Crippen molar-refractivity contribution in [2.75, 3.05) is 25.5 Å². The fraction of sp³-hybridized carbons (Fsp3) is 0.588. The summed E-state index contributed by atoms with van der Waals surface area (Å²) in [7, 11) is 1.66. The van der Waals surface area contributed by atoms with Crippen LogP contribution in [-0.4, -0.2) is 41.8 Å². The largest absolute Gasteiger partial charge is 0.494 e. The molecule has 0 spiro atoms. The Balaban J connectivity index is 2.64. The van der Waals surface area contributed by atoms with Gasteiger partial charge >= 0.3 is 6.03 Å². The van der Waals surface area contributed by atoms with Gasteiger partial charge in [0, 0.05) is 12.7 Å². The van der Waals surface area contributed by atoms with Crippen molar-refractivity contribution in [3.8, 4) is 5.75 Å². The Labute approximate surface area is 133 Å². The van der Waals surface area contributed by atoms with Crippen molar-refractivity contribution in [1.82, 2.24) is 4.90 Å². The summed E-state index contributed by atoms with van der Waals surface area (Å²) in [4.78, 5) is 13.6. The normalized spacial score (nSPS) is 11.2. The van der Waals surface area contributed by atoms with Gasteiger partial charge in [-0.15, -0.1) is 0 Å². The van der Waals surface area contributed by atoms with Crippen LogP contribution < -0.4 is 10.1 Å². The summed E-state index contributed by atoms with van der Waals surface area (Å²) in [6, 6.07) is 5.37. The summed E-state index contributed by atoms with van der Waals surface area (Å²) in [6.07, 6.45) is 2.12. The van der Waals surface area contributed by atoms with Crippen LogP contribution in [0.25, 0.3) is 0 Å². The van der Waals surface area contributed by atoms with Gasteiger partial charge in [-0.25, -0.2) is 4.79 Å². The zero-order valence-corrected chi connectivity index (χ0v) is 14.3. The number of aliphatic hydroxyl groups is 1. The van der Waals surface area contributed by atoms with Crippen molar-refractivity contribution in [3.63, 3.8) is 0 Å². The molecule has 0 aliphatic rings. The molecular weight excluding hydrogens is 280 g/mol. The molecule has 0 aliphatic heterocycles. The van der Waals surface area contributed by atoms with Crippen LogP contribution in [0.3, 0.4) is 0 Å². The van der Waals surface area contributed by atoms with Crippen molar-refractivity contribution in [2.45, 2.75) is 46.1 Å². The number of hydrogen-bond acceptors (Lipinski definition) is 3. The number of benzene rings is 1. The highest BCUT2D eigenvalue weighted by molar-refractivity contribution is 5.90. The predicted octanol–water partition coefficient (Wildman–Crippen LogP) is 3.41. The molecule has 124 valence electrons. The minimum Gasteiger partial charge on any atom is -0.494 e. The lowest BCUT2D eigenvalue weighted by atomic mass is 10.1. The monoisotopic (exact) mass is 308 g/mol. The van der Waals surface area contributed by atoms with Gasteiger partial charge in [-0.05, 0) is 51.0 Å². The van der Waals surface area contributed by atoms with Crippen molar-refractivity contribution >= 4 is 11.7 Å². The number of rotatable bonds is 7. The number of carbonyl (C=O) groups is 1. The van der Waals surface area contributed by atoms with E-state index in [1.165, 1.54) is 4.90 Å². The van der Waals surface area contributed by atoms with Crippen LogP contribution in [0.15, 0.2) is 18.2 Å². The van der Waals surface area contributed by atoms with E-state index in [2.05, 4.69) is 12.2 Å². The number of ether oxygens (including phenoxy) is 1. The first-order valence-electron chi connectivity index (χ1n) is 7.71. The Kier molecular flexibility index (Phi) is 6.68. The third-order valence-electron chi connectivity index (χ3n) is 3.18. The van der Waals surface area contributed by atoms with Crippen molar-refractivity contribution in [3.05, 3.63) is 23.8 Å². The molecule has 22 heavy (non-hydrogen) atoms. The van der Waals surface area contributed by atoms with E-state index in [0.29, 0.717) is 6.61 Å². The lowest BCUT2D eigenvalue weighted by molar-refractivity contribution is 0.0550. The molecule has 0 saturated carbocycles. The molecule has 0 aromatic heterocycles. The molecule has 0 saturated heterocycles. The highest BCUT2D eigenvalue weighted by Crippen LogP contribution is 2.22. The van der Waals surface area contributed by atoms with Crippen LogP contribution in [0, 0.1) is 6.92 Å². The number of nitrogens with zero attached hydrogens (tertiary/aromatic N) is 1. The zero-order chi connectivity index (χ0) is 16.8. The van der Waals surface area contributed by atoms with Gasteiger partial charge in [0.25, 0.3) is 0 Å². The van der Waals surface area contributed by atoms with Gasteiger partial charge in [0.15, 0.2) is 0 Å². The van der Waals surface area contributed by atoms with Crippen LogP contribution in [-0.2, 0) is 0 Å². The van der Waals surface area contributed by atoms with E-state index in [1.807, 2.05) is 25.1 Å². The van der Waals surface area contributed by atoms with Crippen molar-refractivity contribution in [2.24, 2.45) is 0 Å². The third kappa shape index (κ3) is 6.35. The quantitative estimate of drug-likeness (QED) is 0.759. The van der Waals surface area contributed by atoms with E-state index in [1.54, 1.807) is 20.9 Å². The average Bonchev–Trinajstić information content (AvgIpc) is 2.40. The first-order chi connectivity index (χ1) is 10.2. The van der Waals surface area contributed by atoms with Gasteiger partial charge in [0.2, 0.25) is 0 Å². The number of nitrogens with one attached hydrogen (secondary N) is 1. The van der Waals surface area contributed by atoms with Crippen LogP contribution in [0.4, 0.5) is 10.5 Å². The lowest BCUT2D eigenvalue weighted by Crippen LogP contribution is -2.41. The summed E-state index contributed by atoms with van der Waals surface area (Å²) >= 11 is 0. The molecular formula is C17H28N2O3. The second-order valence-electron chi connectivity index (χ2n) is 6.28. The van der Waals surface area contributed by atoms with Gasteiger partial charge in [-0.2, -0.15) is 0 Å². The summed E-state index contributed by atoms with van der Waals surface area (Å²) in [5.74, 6) is 0.814. The van der Waals surface area contributed by atoms with Gasteiger partial charge in [-0.1, -0.05) is 13.3 Å². The first-order valence-corrected chi connectivity index (χ1v) is 7.71. The van der Waals surface area contributed by atoms with Gasteiger partial charge < -0.3 is 20.1 Å². The minimum absolute atomic E-state index is 0.245. The number of unbranched alkanes of at least 4 members (excludes halogenated alkanes) is 1. The van der Waals surface area contributed by atoms with E-state index in [0.717, 1.165) is 29.8 Å². The topological polar surface area (TPSA) is 61.8 Å². The number of urea groups is 1. The molecule has 5 nitrogen and oxygen atoms in total. The molecule has 0 fully saturated rings. The second-order valence-corrected chi connectivity index (χ2v) is 6.28. The Bertz CT molecular complexity index is 495. The SMILES string of the molecule is CCCCOc1ccc(NC(=O)N(C)CC(C)(C)O)c(C)c1. The highest BCUT2D eigenvalue weighted by Gasteiger charge is 2.19. The van der Waals surface area contributed by atoms with Crippen molar-refractivity contribution < 1.29 is 14.6 Å². The molecule has 5 heteroatoms. The number of anilines is 1. The fourth-order valence-corrected chi connectivity index (χ4v) is 2.06. The van der Waals surface area contributed by atoms with E-state index >= 15 is 0 Å². The number of hydrogen-bond donors (Lipinski definition) is 2. The molecule has 0 radical (unpaired) electrons. The molecule has 0 aliphatic carbocycles. The Morgan fingerprint density at radius 3 is 2.64 bits per heavy atom. The Morgan fingerprint density at radius 1 is 1.41 bits per heavy atom. The highest BCUT2D eigenvalue weighted by atomic mass is 16.5. The van der Waals surface area contributed by atoms with Gasteiger partial charge in [0.1, 0.15) is 5.75 Å². The summed E-state index contributed by atoms with van der Waals surface area (Å²) in [5, 5.41) is 12.6. The molecule has 0 atom stereocenters. The Morgan fingerprint density at radius 2 is 2.09 bits per heavy atom. The van der Waals surface area contributed by atoms with E-state index in [9.17, 15) is 9.90 Å². The van der Waals surface area contributed by atoms with E-state index in [-0.39, 0.29) is 12.6 Å². The summed E-state index contributed by atoms with van der Waals surface area (Å²) in [5.41, 5.74) is 0.771. The number of carbonyl (C=O) groups excluding carboxylic acids is 1. The van der Waals surface area contributed by atoms with Crippen LogP contribution in [0.5, 0.6) is 5.75 Å². The Hall–Kier alpha value is -1.75. The molecule has 0 bridgehead atoms. The van der Waals surface area contributed by atoms with E-state index < -0.39 is 5.60 Å². The lowest BCUT2D eigenvalue weighted by Gasteiger charge is -2.26. The molecule has 1 rings (SSSR count). The number of likely N-dealkylation sites (N-methyl/N-ethyl adjacent to an activating group) is 1. The minimum atomic E-state index is -0.919. The smallest absolute Gasteiger partial charge is 0.321 e. The standard InChI is InChI=1S/C17H28N2O3/c1-6-7-10-22-14-8-9-15(13(2)11-14)18-16(20)19(5)12-17(3,4)21/h8-9,11,21H,6-7,10,12H2,1-5H3,(H,18,20). The third-order valence-corrected chi connectivity index (χ3v) is 3.18. The average molecular weight is 308 g/mol. The maximum Gasteiger partial charge on any atom is 0.321 e. The van der Waals surface area contributed by atoms with Gasteiger partial charge in [-0.3, -0.25) is 0 Å². The fourth-order valence-electron chi connectivity index (χ4n) is 2.06. The number of amides is 2. The zero-order valence-electron chi connectivity index (χ0n) is 14.3. The summed E-state index contributed by atoms with van der Waals surface area (Å²) < 4.78 is 5.64. The summed E-state index contributed by atoms with van der Waals surface area (Å²) in [6.45, 7) is 8.36. The molecule has 1 aromatic rings. The molecule has 2 N–H and O–H groups in total. The number of aryl methyl sites for hydroxylation is 1. The van der Waals surface area contributed by atoms with Crippen LogP contribution in [0.1, 0.15) is 39.2 Å². The predicted molar refractivity (Wildman–Crippen MR) is 89.5 cm³/mol. The van der Waals surface area contributed by atoms with Crippen molar-refractivity contribution in [1.29, 1.82) is 0 Å². The second kappa shape index (κ2) is 8.03. The van der Waals surface area contributed by atoms with E-state index in [4.69, 9.17) is 4.74 Å².